The molecule has 5 heteroatoms. The second-order valence-electron chi connectivity index (χ2n) is 3.23. The predicted octanol–water partition coefficient (Wildman–Crippen LogP) is 2.24. The minimum atomic E-state index is -0.564. The first kappa shape index (κ1) is 10.1. The van der Waals surface area contributed by atoms with Gasteiger partial charge in [0, 0.05) is 6.07 Å². The van der Waals surface area contributed by atoms with Crippen molar-refractivity contribution in [2.45, 2.75) is 0 Å². The zero-order valence-electron chi connectivity index (χ0n) is 8.33. The normalized spacial score (nSPS) is 10.0. The summed E-state index contributed by atoms with van der Waals surface area (Å²) in [4.78, 5) is 13.7. The van der Waals surface area contributed by atoms with Crippen molar-refractivity contribution in [3.05, 3.63) is 52.6 Å². The summed E-state index contributed by atoms with van der Waals surface area (Å²) < 4.78 is 0. The Morgan fingerprint density at radius 2 is 1.81 bits per heavy atom. The zero-order chi connectivity index (χ0) is 11.5. The third-order valence-corrected chi connectivity index (χ3v) is 2.18. The molecular weight excluding hydrogens is 206 g/mol. The van der Waals surface area contributed by atoms with Crippen LogP contribution in [-0.2, 0) is 0 Å². The van der Waals surface area contributed by atoms with E-state index in [2.05, 4.69) is 4.98 Å². The minimum Gasteiger partial charge on any atom is -0.362 e. The molecule has 0 aliphatic carbocycles. The number of nitrogens with zero attached hydrogens (tertiary/aromatic N) is 2. The highest BCUT2D eigenvalue weighted by molar-refractivity contribution is 5.74. The van der Waals surface area contributed by atoms with Gasteiger partial charge >= 0.3 is 5.82 Å². The van der Waals surface area contributed by atoms with Crippen LogP contribution in [0.3, 0.4) is 0 Å². The smallest absolute Gasteiger partial charge is 0.362 e. The van der Waals surface area contributed by atoms with Crippen molar-refractivity contribution in [1.82, 2.24) is 4.98 Å². The molecule has 0 fully saturated rings. The van der Waals surface area contributed by atoms with Crippen LogP contribution in [0, 0.1) is 10.1 Å². The second kappa shape index (κ2) is 3.98. The van der Waals surface area contributed by atoms with E-state index in [0.29, 0.717) is 5.56 Å². The van der Waals surface area contributed by atoms with Gasteiger partial charge in [0.25, 0.3) is 0 Å². The number of nitrogens with two attached hydrogens (primary N) is 1. The lowest BCUT2D eigenvalue weighted by molar-refractivity contribution is -0.389. The molecule has 0 saturated heterocycles. The Hall–Kier alpha value is -2.43. The van der Waals surface area contributed by atoms with Crippen molar-refractivity contribution in [2.24, 2.45) is 0 Å². The number of benzene rings is 1. The number of nitro groups is 1. The Morgan fingerprint density at radius 3 is 2.38 bits per heavy atom. The summed E-state index contributed by atoms with van der Waals surface area (Å²) in [6.45, 7) is 0. The number of nitrogen functional groups attached to an aromatic ring is 1. The average molecular weight is 215 g/mol. The number of anilines is 1. The van der Waals surface area contributed by atoms with Gasteiger partial charge < -0.3 is 15.8 Å². The fourth-order valence-corrected chi connectivity index (χ4v) is 1.43. The molecule has 0 bridgehead atoms. The second-order valence-corrected chi connectivity index (χ2v) is 3.23. The quantitative estimate of drug-likeness (QED) is 0.615. The van der Waals surface area contributed by atoms with E-state index in [0.717, 1.165) is 5.56 Å². The highest BCUT2D eigenvalue weighted by Crippen LogP contribution is 2.25. The lowest BCUT2D eigenvalue weighted by Gasteiger charge is -2.01. The topological polar surface area (TPSA) is 82.0 Å². The van der Waals surface area contributed by atoms with Crippen LogP contribution >= 0.6 is 0 Å². The van der Waals surface area contributed by atoms with E-state index < -0.39 is 4.92 Å². The van der Waals surface area contributed by atoms with E-state index >= 15 is 0 Å². The molecule has 80 valence electrons. The molecule has 2 rings (SSSR count). The van der Waals surface area contributed by atoms with Gasteiger partial charge in [-0.05, 0) is 21.5 Å². The highest BCUT2D eigenvalue weighted by Gasteiger charge is 2.13. The van der Waals surface area contributed by atoms with Crippen molar-refractivity contribution >= 4 is 11.6 Å². The maximum absolute atomic E-state index is 10.5. The van der Waals surface area contributed by atoms with E-state index in [-0.39, 0.29) is 11.6 Å². The van der Waals surface area contributed by atoms with Crippen LogP contribution < -0.4 is 5.73 Å². The lowest BCUT2D eigenvalue weighted by atomic mass is 10.1. The maximum atomic E-state index is 10.5. The number of aromatic nitrogens is 1. The van der Waals surface area contributed by atoms with Gasteiger partial charge in [-0.2, -0.15) is 0 Å². The number of hydrogen-bond acceptors (Lipinski definition) is 4. The molecular formula is C11H9N3O2. The van der Waals surface area contributed by atoms with Gasteiger partial charge in [-0.25, -0.2) is 0 Å². The van der Waals surface area contributed by atoms with Gasteiger partial charge in [0.2, 0.25) is 5.82 Å². The Bertz CT molecular complexity index is 526. The molecule has 2 aromatic rings. The van der Waals surface area contributed by atoms with E-state index in [1.54, 1.807) is 6.07 Å². The van der Waals surface area contributed by atoms with E-state index in [9.17, 15) is 10.1 Å². The van der Waals surface area contributed by atoms with Gasteiger partial charge in [0.05, 0.1) is 5.56 Å². The summed E-state index contributed by atoms with van der Waals surface area (Å²) in [5.41, 5.74) is 7.27. The average Bonchev–Trinajstić information content (AvgIpc) is 2.30. The molecule has 0 saturated carbocycles. The van der Waals surface area contributed by atoms with Crippen LogP contribution in [-0.4, -0.2) is 9.91 Å². The predicted molar refractivity (Wildman–Crippen MR) is 60.7 cm³/mol. The number of rotatable bonds is 2. The first-order valence-corrected chi connectivity index (χ1v) is 4.65. The van der Waals surface area contributed by atoms with Gasteiger partial charge in [0.15, 0.2) is 0 Å². The van der Waals surface area contributed by atoms with Crippen LogP contribution in [0.1, 0.15) is 0 Å². The largest absolute Gasteiger partial charge is 0.365 e. The number of pyridine rings is 1. The van der Waals surface area contributed by atoms with Crippen molar-refractivity contribution in [1.29, 1.82) is 0 Å². The molecule has 2 N–H and O–H groups in total. The summed E-state index contributed by atoms with van der Waals surface area (Å²) >= 11 is 0. The van der Waals surface area contributed by atoms with Crippen LogP contribution in [0.4, 0.5) is 11.6 Å². The molecule has 0 aliphatic heterocycles. The van der Waals surface area contributed by atoms with Crippen molar-refractivity contribution in [2.75, 3.05) is 5.73 Å². The molecule has 0 spiro atoms. The van der Waals surface area contributed by atoms with E-state index in [1.807, 2.05) is 30.3 Å². The fraction of sp³-hybridized carbons (Fsp3) is 0. The minimum absolute atomic E-state index is 0.167. The molecule has 1 heterocycles. The van der Waals surface area contributed by atoms with Crippen molar-refractivity contribution in [3.63, 3.8) is 0 Å². The Morgan fingerprint density at radius 1 is 1.12 bits per heavy atom. The highest BCUT2D eigenvalue weighted by atomic mass is 16.6. The summed E-state index contributed by atoms with van der Waals surface area (Å²) in [6.07, 6.45) is 0. The zero-order valence-corrected chi connectivity index (χ0v) is 8.33. The third-order valence-electron chi connectivity index (χ3n) is 2.18. The third kappa shape index (κ3) is 1.83. The summed E-state index contributed by atoms with van der Waals surface area (Å²) in [7, 11) is 0. The SMILES string of the molecule is Nc1nc([N+](=O)[O-])ccc1-c1ccccc1. The maximum Gasteiger partial charge on any atom is 0.365 e. The Balaban J connectivity index is 2.48. The molecule has 5 nitrogen and oxygen atoms in total. The van der Waals surface area contributed by atoms with Gasteiger partial charge in [-0.15, -0.1) is 0 Å². The van der Waals surface area contributed by atoms with Crippen LogP contribution in [0.5, 0.6) is 0 Å². The van der Waals surface area contributed by atoms with Crippen LogP contribution in [0.15, 0.2) is 42.5 Å². The molecule has 0 amide bonds. The Labute approximate surface area is 91.7 Å². The fourth-order valence-electron chi connectivity index (χ4n) is 1.43. The van der Waals surface area contributed by atoms with Gasteiger partial charge in [0.1, 0.15) is 0 Å². The summed E-state index contributed by atoms with van der Waals surface area (Å²) in [6, 6.07) is 12.3. The summed E-state index contributed by atoms with van der Waals surface area (Å²) in [5.74, 6) is -0.0717. The molecule has 0 radical (unpaired) electrons. The van der Waals surface area contributed by atoms with Crippen LogP contribution in [0.2, 0.25) is 0 Å². The standard InChI is InChI=1S/C11H9N3O2/c12-11-9(8-4-2-1-3-5-8)6-7-10(13-11)14(15)16/h1-7H,(H2,12,13). The lowest BCUT2D eigenvalue weighted by Crippen LogP contribution is -1.98. The molecule has 1 aromatic carbocycles. The van der Waals surface area contributed by atoms with Crippen molar-refractivity contribution < 1.29 is 4.92 Å². The molecule has 0 unspecified atom stereocenters. The summed E-state index contributed by atoms with van der Waals surface area (Å²) in [5, 5.41) is 10.5. The molecule has 16 heavy (non-hydrogen) atoms. The first-order chi connectivity index (χ1) is 7.68. The molecule has 0 aliphatic rings. The number of hydrogen-bond donors (Lipinski definition) is 1. The Kier molecular flexibility index (Phi) is 2.51. The van der Waals surface area contributed by atoms with E-state index in [1.165, 1.54) is 6.07 Å². The van der Waals surface area contributed by atoms with Crippen molar-refractivity contribution in [3.8, 4) is 11.1 Å². The molecule has 0 atom stereocenters. The molecule has 1 aromatic heterocycles. The first-order valence-electron chi connectivity index (χ1n) is 4.65. The van der Waals surface area contributed by atoms with Gasteiger partial charge in [-0.1, -0.05) is 30.3 Å². The van der Waals surface area contributed by atoms with Crippen LogP contribution in [0.25, 0.3) is 11.1 Å². The van der Waals surface area contributed by atoms with Gasteiger partial charge in [-0.3, -0.25) is 0 Å². The monoisotopic (exact) mass is 215 g/mol. The van der Waals surface area contributed by atoms with E-state index in [4.69, 9.17) is 5.73 Å².